The van der Waals surface area contributed by atoms with Gasteiger partial charge in [-0.25, -0.2) is 0 Å². The standard InChI is InChI=1S/C20H21BO4/c1-2-21-19-7-13(22-9-15-11-24-15)3-5-17(19)18-6-4-14(8-20(18)21)23-10-16-12-25-16/h3-8,15-16H,2,9-12H2,1H3. The van der Waals surface area contributed by atoms with E-state index in [1.165, 1.54) is 22.1 Å². The van der Waals surface area contributed by atoms with Gasteiger partial charge in [0.2, 0.25) is 6.71 Å². The van der Waals surface area contributed by atoms with Gasteiger partial charge in [-0.15, -0.1) is 0 Å². The Morgan fingerprint density at radius 1 is 0.880 bits per heavy atom. The summed E-state index contributed by atoms with van der Waals surface area (Å²) in [7, 11) is 0. The molecule has 4 nitrogen and oxygen atoms in total. The molecule has 2 saturated heterocycles. The second kappa shape index (κ2) is 6.08. The summed E-state index contributed by atoms with van der Waals surface area (Å²) in [5.41, 5.74) is 5.34. The summed E-state index contributed by atoms with van der Waals surface area (Å²) in [6, 6.07) is 12.9. The van der Waals surface area contributed by atoms with E-state index in [9.17, 15) is 0 Å². The lowest BCUT2D eigenvalue weighted by Gasteiger charge is -2.10. The number of benzene rings is 2. The lowest BCUT2D eigenvalue weighted by molar-refractivity contribution is 0.263. The third-order valence-electron chi connectivity index (χ3n) is 5.17. The van der Waals surface area contributed by atoms with Crippen molar-refractivity contribution in [3.05, 3.63) is 36.4 Å². The van der Waals surface area contributed by atoms with Gasteiger partial charge in [0, 0.05) is 0 Å². The van der Waals surface area contributed by atoms with Crippen LogP contribution in [0.15, 0.2) is 36.4 Å². The van der Waals surface area contributed by atoms with E-state index in [0.717, 1.165) is 31.0 Å². The first kappa shape index (κ1) is 15.3. The Labute approximate surface area is 148 Å². The molecule has 0 saturated carbocycles. The predicted octanol–water partition coefficient (Wildman–Crippen LogP) is 1.85. The van der Waals surface area contributed by atoms with E-state index in [0.29, 0.717) is 19.9 Å². The summed E-state index contributed by atoms with van der Waals surface area (Å²) in [5.74, 6) is 1.87. The summed E-state index contributed by atoms with van der Waals surface area (Å²) in [5, 5.41) is 0. The molecule has 0 amide bonds. The minimum atomic E-state index is 0.280. The highest BCUT2D eigenvalue weighted by Crippen LogP contribution is 2.29. The largest absolute Gasteiger partial charge is 0.491 e. The molecule has 0 spiro atoms. The molecule has 5 rings (SSSR count). The van der Waals surface area contributed by atoms with E-state index in [1.807, 2.05) is 0 Å². The maximum absolute atomic E-state index is 5.88. The van der Waals surface area contributed by atoms with Crippen molar-refractivity contribution >= 4 is 17.6 Å². The Hall–Kier alpha value is -1.98. The molecule has 3 aliphatic heterocycles. The van der Waals surface area contributed by atoms with Crippen LogP contribution in [0.25, 0.3) is 11.1 Å². The summed E-state index contributed by atoms with van der Waals surface area (Å²) in [6.45, 7) is 5.56. The van der Waals surface area contributed by atoms with Crippen molar-refractivity contribution in [1.82, 2.24) is 0 Å². The van der Waals surface area contributed by atoms with Crippen LogP contribution in [0.3, 0.4) is 0 Å². The number of hydrogen-bond acceptors (Lipinski definition) is 4. The Kier molecular flexibility index (Phi) is 3.72. The predicted molar refractivity (Wildman–Crippen MR) is 97.9 cm³/mol. The molecule has 2 fully saturated rings. The Balaban J connectivity index is 1.41. The zero-order valence-corrected chi connectivity index (χ0v) is 14.4. The summed E-state index contributed by atoms with van der Waals surface area (Å²) in [4.78, 5) is 0. The first-order chi connectivity index (χ1) is 12.3. The van der Waals surface area contributed by atoms with Crippen LogP contribution < -0.4 is 20.4 Å². The van der Waals surface area contributed by atoms with Gasteiger partial charge in [-0.1, -0.05) is 36.3 Å². The average Bonchev–Trinajstić information content (AvgIpc) is 3.55. The van der Waals surface area contributed by atoms with E-state index in [4.69, 9.17) is 18.9 Å². The molecule has 5 heteroatoms. The molecule has 3 heterocycles. The van der Waals surface area contributed by atoms with Gasteiger partial charge < -0.3 is 18.9 Å². The van der Waals surface area contributed by atoms with Crippen molar-refractivity contribution < 1.29 is 18.9 Å². The molecule has 0 bridgehead atoms. The van der Waals surface area contributed by atoms with Crippen LogP contribution in [0.1, 0.15) is 6.92 Å². The molecule has 128 valence electrons. The molecule has 3 aliphatic rings. The number of epoxide rings is 2. The fourth-order valence-electron chi connectivity index (χ4n) is 3.64. The topological polar surface area (TPSA) is 43.5 Å². The molecule has 2 aromatic rings. The highest BCUT2D eigenvalue weighted by atomic mass is 16.6. The molecular formula is C20H21BO4. The number of hydrogen-bond donors (Lipinski definition) is 0. The van der Waals surface area contributed by atoms with Gasteiger partial charge in [-0.2, -0.15) is 0 Å². The molecule has 2 atom stereocenters. The Bertz CT molecular complexity index is 733. The smallest absolute Gasteiger partial charge is 0.211 e. The average molecular weight is 336 g/mol. The van der Waals surface area contributed by atoms with Crippen LogP contribution in [0.5, 0.6) is 11.5 Å². The maximum Gasteiger partial charge on any atom is 0.211 e. The first-order valence-corrected chi connectivity index (χ1v) is 9.09. The molecule has 2 unspecified atom stereocenters. The highest BCUT2D eigenvalue weighted by molar-refractivity contribution is 6.89. The fraction of sp³-hybridized carbons (Fsp3) is 0.400. The van der Waals surface area contributed by atoms with E-state index in [-0.39, 0.29) is 12.2 Å². The minimum absolute atomic E-state index is 0.280. The quantitative estimate of drug-likeness (QED) is 0.572. The van der Waals surface area contributed by atoms with E-state index in [1.54, 1.807) is 0 Å². The molecule has 0 aliphatic carbocycles. The van der Waals surface area contributed by atoms with E-state index < -0.39 is 0 Å². The van der Waals surface area contributed by atoms with Gasteiger partial charge in [0.25, 0.3) is 0 Å². The number of fused-ring (bicyclic) bond motifs is 3. The second-order valence-electron chi connectivity index (χ2n) is 6.99. The Morgan fingerprint density at radius 2 is 1.36 bits per heavy atom. The fourth-order valence-corrected chi connectivity index (χ4v) is 3.64. The Morgan fingerprint density at radius 3 is 1.76 bits per heavy atom. The van der Waals surface area contributed by atoms with Gasteiger partial charge in [-0.3, -0.25) is 0 Å². The van der Waals surface area contributed by atoms with Crippen LogP contribution in [0.2, 0.25) is 6.32 Å². The van der Waals surface area contributed by atoms with Crippen LogP contribution in [0, 0.1) is 0 Å². The summed E-state index contributed by atoms with van der Waals surface area (Å²) >= 11 is 0. The second-order valence-corrected chi connectivity index (χ2v) is 6.99. The summed E-state index contributed by atoms with van der Waals surface area (Å²) in [6.07, 6.45) is 1.62. The van der Waals surface area contributed by atoms with Crippen LogP contribution in [-0.4, -0.2) is 45.3 Å². The zero-order chi connectivity index (χ0) is 16.8. The SMILES string of the molecule is CCB1c2cc(OCC3CO3)ccc2-c2ccc(OCC3CO3)cc21. The van der Waals surface area contributed by atoms with Crippen molar-refractivity contribution in [3.63, 3.8) is 0 Å². The van der Waals surface area contributed by atoms with Crippen molar-refractivity contribution in [2.24, 2.45) is 0 Å². The number of ether oxygens (including phenoxy) is 4. The lowest BCUT2D eigenvalue weighted by atomic mass is 9.41. The summed E-state index contributed by atoms with van der Waals surface area (Å²) < 4.78 is 22.2. The van der Waals surface area contributed by atoms with Crippen molar-refractivity contribution in [2.75, 3.05) is 26.4 Å². The van der Waals surface area contributed by atoms with Gasteiger partial charge >= 0.3 is 0 Å². The molecule has 2 aromatic carbocycles. The van der Waals surface area contributed by atoms with Gasteiger partial charge in [0.05, 0.1) is 13.2 Å². The van der Waals surface area contributed by atoms with Crippen molar-refractivity contribution in [1.29, 1.82) is 0 Å². The lowest BCUT2D eigenvalue weighted by Crippen LogP contribution is -2.37. The normalized spacial score (nSPS) is 22.4. The molecule has 0 aromatic heterocycles. The van der Waals surface area contributed by atoms with E-state index in [2.05, 4.69) is 43.3 Å². The zero-order valence-electron chi connectivity index (χ0n) is 14.4. The first-order valence-electron chi connectivity index (χ1n) is 9.09. The van der Waals surface area contributed by atoms with Crippen LogP contribution >= 0.6 is 0 Å². The van der Waals surface area contributed by atoms with Crippen molar-refractivity contribution in [2.45, 2.75) is 25.5 Å². The van der Waals surface area contributed by atoms with Gasteiger partial charge in [0.1, 0.15) is 36.9 Å². The third-order valence-corrected chi connectivity index (χ3v) is 5.17. The van der Waals surface area contributed by atoms with Crippen molar-refractivity contribution in [3.8, 4) is 22.6 Å². The van der Waals surface area contributed by atoms with E-state index >= 15 is 0 Å². The highest BCUT2D eigenvalue weighted by Gasteiger charge is 2.32. The minimum Gasteiger partial charge on any atom is -0.491 e. The molecule has 0 N–H and O–H groups in total. The van der Waals surface area contributed by atoms with Crippen LogP contribution in [0.4, 0.5) is 0 Å². The van der Waals surface area contributed by atoms with Crippen LogP contribution in [-0.2, 0) is 9.47 Å². The maximum atomic E-state index is 5.88. The van der Waals surface area contributed by atoms with Gasteiger partial charge in [-0.05, 0) is 35.4 Å². The third kappa shape index (κ3) is 3.03. The van der Waals surface area contributed by atoms with Gasteiger partial charge in [0.15, 0.2) is 0 Å². The molecular weight excluding hydrogens is 315 g/mol. The monoisotopic (exact) mass is 336 g/mol. The molecule has 25 heavy (non-hydrogen) atoms. The number of rotatable bonds is 7. The molecule has 0 radical (unpaired) electrons.